The Morgan fingerprint density at radius 1 is 1.39 bits per heavy atom. The number of hydrogen-bond donors (Lipinski definition) is 2. The smallest absolute Gasteiger partial charge is 0.244 e. The van der Waals surface area contributed by atoms with Gasteiger partial charge in [-0.05, 0) is 17.5 Å². The number of allylic oxidation sites excluding steroid dienone is 1. The van der Waals surface area contributed by atoms with Gasteiger partial charge in [0.1, 0.15) is 11.6 Å². The van der Waals surface area contributed by atoms with Crippen LogP contribution >= 0.6 is 23.2 Å². The number of halogens is 2. The molecule has 1 aromatic heterocycles. The summed E-state index contributed by atoms with van der Waals surface area (Å²) < 4.78 is 5.50. The summed E-state index contributed by atoms with van der Waals surface area (Å²) in [6.45, 7) is 4.05. The number of ether oxygens (including phenoxy) is 1. The Labute approximate surface area is 143 Å². The maximum atomic E-state index is 9.57. The maximum Gasteiger partial charge on any atom is 0.244 e. The number of hydrogen-bond acceptors (Lipinski definition) is 4. The second kappa shape index (κ2) is 5.80. The van der Waals surface area contributed by atoms with Crippen LogP contribution in [0.1, 0.15) is 42.5 Å². The molecule has 0 unspecified atom stereocenters. The number of fused-ring (bicyclic) bond motifs is 1. The van der Waals surface area contributed by atoms with Crippen LogP contribution in [0.25, 0.3) is 0 Å². The van der Waals surface area contributed by atoms with Gasteiger partial charge in [-0.1, -0.05) is 49.2 Å². The molecule has 118 valence electrons. The molecule has 0 amide bonds. The lowest BCUT2D eigenvalue weighted by Gasteiger charge is -2.25. The lowest BCUT2D eigenvalue weighted by atomic mass is 9.82. The highest BCUT2D eigenvalue weighted by Gasteiger charge is 2.36. The number of rotatable bonds is 2. The van der Waals surface area contributed by atoms with Gasteiger partial charge in [0.2, 0.25) is 11.8 Å². The molecule has 0 fully saturated rings. The van der Waals surface area contributed by atoms with E-state index in [1.807, 2.05) is 19.9 Å². The summed E-state index contributed by atoms with van der Waals surface area (Å²) in [6.07, 6.45) is 0. The van der Waals surface area contributed by atoms with Crippen molar-refractivity contribution >= 4 is 23.2 Å². The van der Waals surface area contributed by atoms with Crippen LogP contribution in [0.15, 0.2) is 29.7 Å². The number of nitriles is 1. The minimum Gasteiger partial charge on any atom is -0.420 e. The van der Waals surface area contributed by atoms with Crippen molar-refractivity contribution in [3.63, 3.8) is 0 Å². The van der Waals surface area contributed by atoms with Crippen molar-refractivity contribution < 1.29 is 4.74 Å². The summed E-state index contributed by atoms with van der Waals surface area (Å²) >= 11 is 12.5. The average molecular weight is 349 g/mol. The van der Waals surface area contributed by atoms with Crippen molar-refractivity contribution in [2.75, 3.05) is 0 Å². The Bertz CT molecular complexity index is 848. The van der Waals surface area contributed by atoms with E-state index in [9.17, 15) is 5.26 Å². The van der Waals surface area contributed by atoms with E-state index in [4.69, 9.17) is 33.7 Å². The third-order valence-corrected chi connectivity index (χ3v) is 4.67. The van der Waals surface area contributed by atoms with Crippen molar-refractivity contribution in [3.8, 4) is 11.9 Å². The minimum atomic E-state index is -0.467. The quantitative estimate of drug-likeness (QED) is 0.856. The van der Waals surface area contributed by atoms with Crippen LogP contribution in [-0.4, -0.2) is 10.2 Å². The Morgan fingerprint density at radius 3 is 2.78 bits per heavy atom. The molecule has 1 aliphatic heterocycles. The normalized spacial score (nSPS) is 17.0. The number of nitrogens with two attached hydrogens (primary N) is 1. The summed E-state index contributed by atoms with van der Waals surface area (Å²) in [6, 6.07) is 7.45. The molecule has 1 aromatic carbocycles. The molecule has 23 heavy (non-hydrogen) atoms. The molecule has 0 saturated carbocycles. The zero-order valence-corrected chi connectivity index (χ0v) is 14.0. The second-order valence-corrected chi connectivity index (χ2v) is 6.36. The van der Waals surface area contributed by atoms with Gasteiger partial charge in [0.05, 0.1) is 21.5 Å². The number of benzene rings is 1. The maximum absolute atomic E-state index is 9.57. The predicted molar refractivity (Wildman–Crippen MR) is 88.4 cm³/mol. The Kier molecular flexibility index (Phi) is 3.97. The third kappa shape index (κ3) is 2.44. The number of nitrogens with one attached hydrogen (secondary N) is 1. The van der Waals surface area contributed by atoms with Crippen molar-refractivity contribution in [1.29, 1.82) is 5.26 Å². The fourth-order valence-corrected chi connectivity index (χ4v) is 3.18. The van der Waals surface area contributed by atoms with Crippen LogP contribution < -0.4 is 10.5 Å². The van der Waals surface area contributed by atoms with Gasteiger partial charge in [0.15, 0.2) is 0 Å². The monoisotopic (exact) mass is 348 g/mol. The number of nitrogens with zero attached hydrogens (tertiary/aromatic N) is 2. The molecule has 0 radical (unpaired) electrons. The van der Waals surface area contributed by atoms with Gasteiger partial charge in [-0.15, -0.1) is 5.10 Å². The van der Waals surface area contributed by atoms with E-state index >= 15 is 0 Å². The SMILES string of the molecule is CC(C)c1[nH]nc2c1[C@@H](c1cccc(Cl)c1Cl)C(C#N)=C(N)O2. The van der Waals surface area contributed by atoms with Crippen LogP contribution in [0.3, 0.4) is 0 Å². The van der Waals surface area contributed by atoms with Crippen molar-refractivity contribution in [2.24, 2.45) is 5.73 Å². The molecule has 3 N–H and O–H groups in total. The first-order chi connectivity index (χ1) is 11.0. The highest BCUT2D eigenvalue weighted by molar-refractivity contribution is 6.42. The Balaban J connectivity index is 2.31. The summed E-state index contributed by atoms with van der Waals surface area (Å²) in [4.78, 5) is 0. The molecule has 2 aromatic rings. The highest BCUT2D eigenvalue weighted by Crippen LogP contribution is 2.47. The molecule has 1 atom stereocenters. The van der Waals surface area contributed by atoms with Crippen molar-refractivity contribution in [2.45, 2.75) is 25.7 Å². The molecule has 2 heterocycles. The van der Waals surface area contributed by atoms with Crippen LogP contribution in [0.4, 0.5) is 0 Å². The van der Waals surface area contributed by atoms with E-state index < -0.39 is 5.92 Å². The molecule has 0 bridgehead atoms. The van der Waals surface area contributed by atoms with Gasteiger partial charge >= 0.3 is 0 Å². The third-order valence-electron chi connectivity index (χ3n) is 3.84. The minimum absolute atomic E-state index is 0.0304. The second-order valence-electron chi connectivity index (χ2n) is 5.58. The molecule has 0 aliphatic carbocycles. The van der Waals surface area contributed by atoms with Gasteiger partial charge in [-0.25, -0.2) is 0 Å². The molecule has 1 aliphatic rings. The lowest BCUT2D eigenvalue weighted by molar-refractivity contribution is 0.378. The lowest BCUT2D eigenvalue weighted by Crippen LogP contribution is -2.21. The zero-order chi connectivity index (χ0) is 16.7. The van der Waals surface area contributed by atoms with Crippen LogP contribution in [0.5, 0.6) is 5.88 Å². The number of H-pyrrole nitrogens is 1. The van der Waals surface area contributed by atoms with Gasteiger partial charge < -0.3 is 10.5 Å². The summed E-state index contributed by atoms with van der Waals surface area (Å²) in [7, 11) is 0. The first kappa shape index (κ1) is 15.7. The van der Waals surface area contributed by atoms with Gasteiger partial charge in [-0.3, -0.25) is 5.10 Å². The topological polar surface area (TPSA) is 87.7 Å². The standard InChI is InChI=1S/C16H14Cl2N4O/c1-7(2)14-12-11(8-4-3-5-10(17)13(8)18)9(6-19)15(20)23-16(12)22-21-14/h3-5,7,11H,20H2,1-2H3,(H,21,22)/t11-/m0/s1. The molecule has 5 nitrogen and oxygen atoms in total. The average Bonchev–Trinajstić information content (AvgIpc) is 2.92. The molecular weight excluding hydrogens is 335 g/mol. The zero-order valence-electron chi connectivity index (χ0n) is 12.5. The molecule has 3 rings (SSSR count). The van der Waals surface area contributed by atoms with E-state index in [0.717, 1.165) is 11.3 Å². The first-order valence-corrected chi connectivity index (χ1v) is 7.81. The number of aromatic amines is 1. The summed E-state index contributed by atoms with van der Waals surface area (Å²) in [5, 5.41) is 17.5. The molecule has 0 spiro atoms. The van der Waals surface area contributed by atoms with Crippen LogP contribution in [-0.2, 0) is 0 Å². The van der Waals surface area contributed by atoms with E-state index in [1.54, 1.807) is 12.1 Å². The van der Waals surface area contributed by atoms with Gasteiger partial charge in [0.25, 0.3) is 0 Å². The van der Waals surface area contributed by atoms with Crippen LogP contribution in [0.2, 0.25) is 10.0 Å². The van der Waals surface area contributed by atoms with Crippen molar-refractivity contribution in [1.82, 2.24) is 10.2 Å². The van der Waals surface area contributed by atoms with E-state index in [-0.39, 0.29) is 11.8 Å². The van der Waals surface area contributed by atoms with Crippen molar-refractivity contribution in [3.05, 3.63) is 56.5 Å². The molecular formula is C16H14Cl2N4O. The van der Waals surface area contributed by atoms with E-state index in [1.165, 1.54) is 0 Å². The van der Waals surface area contributed by atoms with Gasteiger partial charge in [-0.2, -0.15) is 5.26 Å². The van der Waals surface area contributed by atoms with Crippen LogP contribution in [0, 0.1) is 11.3 Å². The fraction of sp³-hybridized carbons (Fsp3) is 0.250. The highest BCUT2D eigenvalue weighted by atomic mass is 35.5. The Hall–Kier alpha value is -2.16. The largest absolute Gasteiger partial charge is 0.420 e. The first-order valence-electron chi connectivity index (χ1n) is 7.05. The Morgan fingerprint density at radius 2 is 2.13 bits per heavy atom. The van der Waals surface area contributed by atoms with E-state index in [2.05, 4.69) is 16.3 Å². The van der Waals surface area contributed by atoms with Gasteiger partial charge in [0, 0.05) is 5.69 Å². The predicted octanol–water partition coefficient (Wildman–Crippen LogP) is 4.06. The fourth-order valence-electron chi connectivity index (χ4n) is 2.76. The van der Waals surface area contributed by atoms with E-state index in [0.29, 0.717) is 27.1 Å². The number of aromatic nitrogens is 2. The summed E-state index contributed by atoms with van der Waals surface area (Å²) in [5.41, 5.74) is 8.56. The molecule has 7 heteroatoms. The summed E-state index contributed by atoms with van der Waals surface area (Å²) in [5.74, 6) is 0.0924. The molecule has 0 saturated heterocycles.